The third-order valence-electron chi connectivity index (χ3n) is 4.35. The van der Waals surface area contributed by atoms with Crippen molar-refractivity contribution in [1.82, 2.24) is 10.4 Å². The zero-order valence-corrected chi connectivity index (χ0v) is 19.2. The molecule has 0 saturated carbocycles. The van der Waals surface area contributed by atoms with Crippen LogP contribution in [-0.4, -0.2) is 35.9 Å². The largest absolute Gasteiger partial charge is 0.445 e. The topological polar surface area (TPSA) is 77.1 Å². The Bertz CT molecular complexity index is 806. The predicted molar refractivity (Wildman–Crippen MR) is 123 cm³/mol. The Balaban J connectivity index is 1.67. The molecule has 0 aliphatic rings. The zero-order valence-electron chi connectivity index (χ0n) is 19.2. The minimum atomic E-state index is -0.602. The molecule has 0 fully saturated rings. The van der Waals surface area contributed by atoms with E-state index in [0.29, 0.717) is 13.1 Å². The molecule has 1 N–H and O–H groups in total. The summed E-state index contributed by atoms with van der Waals surface area (Å²) in [5.41, 5.74) is 1.31. The Labute approximate surface area is 190 Å². The number of carbonyl (C=O) groups excluding carboxylic acids is 2. The standard InChI is InChI=1S/C25H34N2O5/c1-25(2,3)32-24(29)27(31-20-22-15-9-5-10-16-22)18-12-6-11-17-26-23(28)30-19-21-13-7-4-8-14-21/h4-5,7-10,13-16H,6,11-12,17-20H2,1-3H3,(H,26,28). The molecular weight excluding hydrogens is 408 g/mol. The molecule has 0 saturated heterocycles. The molecule has 2 aromatic carbocycles. The maximum absolute atomic E-state index is 12.5. The minimum Gasteiger partial charge on any atom is -0.445 e. The first kappa shape index (κ1) is 25.2. The summed E-state index contributed by atoms with van der Waals surface area (Å²) < 4.78 is 10.6. The van der Waals surface area contributed by atoms with Crippen LogP contribution in [0.25, 0.3) is 0 Å². The molecular formula is C25H34N2O5. The van der Waals surface area contributed by atoms with Crippen LogP contribution in [0.15, 0.2) is 60.7 Å². The number of hydroxylamine groups is 2. The highest BCUT2D eigenvalue weighted by Crippen LogP contribution is 2.13. The first-order valence-corrected chi connectivity index (χ1v) is 11.0. The molecule has 0 radical (unpaired) electrons. The number of unbranched alkanes of at least 4 members (excludes halogenated alkanes) is 2. The summed E-state index contributed by atoms with van der Waals surface area (Å²) in [6.45, 7) is 6.91. The van der Waals surface area contributed by atoms with Crippen LogP contribution in [0, 0.1) is 0 Å². The van der Waals surface area contributed by atoms with Gasteiger partial charge in [-0.15, -0.1) is 0 Å². The van der Waals surface area contributed by atoms with E-state index in [1.54, 1.807) is 0 Å². The van der Waals surface area contributed by atoms with Crippen molar-refractivity contribution in [2.75, 3.05) is 13.1 Å². The van der Waals surface area contributed by atoms with Gasteiger partial charge in [0.2, 0.25) is 0 Å². The van der Waals surface area contributed by atoms with Gasteiger partial charge in [-0.1, -0.05) is 60.7 Å². The molecule has 2 amide bonds. The summed E-state index contributed by atoms with van der Waals surface area (Å²) in [4.78, 5) is 30.0. The van der Waals surface area contributed by atoms with Gasteiger partial charge in [-0.2, -0.15) is 5.06 Å². The van der Waals surface area contributed by atoms with Gasteiger partial charge in [0.15, 0.2) is 0 Å². The molecule has 2 aromatic rings. The van der Waals surface area contributed by atoms with E-state index in [4.69, 9.17) is 14.3 Å². The van der Waals surface area contributed by atoms with Crippen molar-refractivity contribution in [2.24, 2.45) is 0 Å². The van der Waals surface area contributed by atoms with Gasteiger partial charge in [0, 0.05) is 6.54 Å². The lowest BCUT2D eigenvalue weighted by atomic mass is 10.2. The molecule has 0 atom stereocenters. The maximum Gasteiger partial charge on any atom is 0.434 e. The van der Waals surface area contributed by atoms with E-state index < -0.39 is 17.8 Å². The first-order chi connectivity index (χ1) is 15.3. The van der Waals surface area contributed by atoms with E-state index >= 15 is 0 Å². The number of alkyl carbamates (subject to hydrolysis) is 1. The molecule has 174 valence electrons. The Morgan fingerprint density at radius 3 is 2.03 bits per heavy atom. The highest BCUT2D eigenvalue weighted by Gasteiger charge is 2.22. The van der Waals surface area contributed by atoms with Crippen LogP contribution in [0.3, 0.4) is 0 Å². The first-order valence-electron chi connectivity index (χ1n) is 11.0. The SMILES string of the molecule is CC(C)(C)OC(=O)N(CCCCCNC(=O)OCc1ccccc1)OCc1ccccc1. The molecule has 7 heteroatoms. The van der Waals surface area contributed by atoms with Crippen LogP contribution < -0.4 is 5.32 Å². The highest BCUT2D eigenvalue weighted by atomic mass is 16.7. The third kappa shape index (κ3) is 10.8. The second-order valence-electron chi connectivity index (χ2n) is 8.39. The fraction of sp³-hybridized carbons (Fsp3) is 0.440. The van der Waals surface area contributed by atoms with Crippen LogP contribution in [0.1, 0.15) is 51.2 Å². The molecule has 2 rings (SSSR count). The second-order valence-corrected chi connectivity index (χ2v) is 8.39. The van der Waals surface area contributed by atoms with Gasteiger partial charge in [0.1, 0.15) is 18.8 Å². The lowest BCUT2D eigenvalue weighted by Crippen LogP contribution is -2.37. The minimum absolute atomic E-state index is 0.246. The molecule has 0 heterocycles. The molecule has 0 aliphatic carbocycles. The van der Waals surface area contributed by atoms with Crippen LogP contribution in [0.2, 0.25) is 0 Å². The van der Waals surface area contributed by atoms with Gasteiger partial charge in [0.25, 0.3) is 0 Å². The Morgan fingerprint density at radius 2 is 1.44 bits per heavy atom. The quantitative estimate of drug-likeness (QED) is 0.370. The number of hydrogen-bond acceptors (Lipinski definition) is 5. The van der Waals surface area contributed by atoms with Crippen LogP contribution >= 0.6 is 0 Å². The van der Waals surface area contributed by atoms with Gasteiger partial charge < -0.3 is 14.8 Å². The number of carbonyl (C=O) groups is 2. The van der Waals surface area contributed by atoms with Crippen molar-refractivity contribution in [3.05, 3.63) is 71.8 Å². The summed E-state index contributed by atoms with van der Waals surface area (Å²) in [7, 11) is 0. The monoisotopic (exact) mass is 442 g/mol. The van der Waals surface area contributed by atoms with E-state index in [-0.39, 0.29) is 13.2 Å². The van der Waals surface area contributed by atoms with Crippen molar-refractivity contribution in [3.63, 3.8) is 0 Å². The summed E-state index contributed by atoms with van der Waals surface area (Å²) in [6, 6.07) is 19.2. The van der Waals surface area contributed by atoms with Crippen molar-refractivity contribution < 1.29 is 23.9 Å². The van der Waals surface area contributed by atoms with Crippen molar-refractivity contribution >= 4 is 12.2 Å². The fourth-order valence-corrected chi connectivity index (χ4v) is 2.77. The Morgan fingerprint density at radius 1 is 0.844 bits per heavy atom. The number of benzene rings is 2. The van der Waals surface area contributed by atoms with Crippen LogP contribution in [-0.2, 0) is 27.5 Å². The predicted octanol–water partition coefficient (Wildman–Crippen LogP) is 5.45. The molecule has 7 nitrogen and oxygen atoms in total. The molecule has 0 aromatic heterocycles. The average Bonchev–Trinajstić information content (AvgIpc) is 2.76. The van der Waals surface area contributed by atoms with Gasteiger partial charge in [0.05, 0.1) is 6.54 Å². The lowest BCUT2D eigenvalue weighted by Gasteiger charge is -2.26. The summed E-state index contributed by atoms with van der Waals surface area (Å²) >= 11 is 0. The number of nitrogens with zero attached hydrogens (tertiary/aromatic N) is 1. The summed E-state index contributed by atoms with van der Waals surface area (Å²) in [5.74, 6) is 0. The summed E-state index contributed by atoms with van der Waals surface area (Å²) in [6.07, 6.45) is 1.36. The normalized spacial score (nSPS) is 11.0. The third-order valence-corrected chi connectivity index (χ3v) is 4.35. The Kier molecular flexibility index (Phi) is 10.5. The smallest absolute Gasteiger partial charge is 0.434 e. The molecule has 0 spiro atoms. The van der Waals surface area contributed by atoms with Crippen molar-refractivity contribution in [3.8, 4) is 0 Å². The van der Waals surface area contributed by atoms with E-state index in [1.165, 1.54) is 5.06 Å². The van der Waals surface area contributed by atoms with Gasteiger partial charge in [-0.25, -0.2) is 9.59 Å². The van der Waals surface area contributed by atoms with E-state index in [2.05, 4.69) is 5.32 Å². The molecule has 0 bridgehead atoms. The average molecular weight is 443 g/mol. The van der Waals surface area contributed by atoms with Crippen LogP contribution in [0.5, 0.6) is 0 Å². The molecule has 0 unspecified atom stereocenters. The zero-order chi connectivity index (χ0) is 23.2. The number of nitrogens with one attached hydrogen (secondary N) is 1. The van der Waals surface area contributed by atoms with E-state index in [1.807, 2.05) is 81.4 Å². The number of ether oxygens (including phenoxy) is 2. The van der Waals surface area contributed by atoms with Gasteiger partial charge in [-0.05, 0) is 51.2 Å². The fourth-order valence-electron chi connectivity index (χ4n) is 2.77. The van der Waals surface area contributed by atoms with Crippen molar-refractivity contribution in [1.29, 1.82) is 0 Å². The molecule has 0 aliphatic heterocycles. The number of rotatable bonds is 11. The van der Waals surface area contributed by atoms with Gasteiger partial charge in [-0.3, -0.25) is 4.84 Å². The summed E-state index contributed by atoms with van der Waals surface area (Å²) in [5, 5.41) is 4.02. The molecule has 32 heavy (non-hydrogen) atoms. The van der Waals surface area contributed by atoms with Crippen LogP contribution in [0.4, 0.5) is 9.59 Å². The number of amides is 2. The van der Waals surface area contributed by atoms with E-state index in [9.17, 15) is 9.59 Å². The second kappa shape index (κ2) is 13.4. The maximum atomic E-state index is 12.5. The van der Waals surface area contributed by atoms with Crippen molar-refractivity contribution in [2.45, 2.75) is 58.8 Å². The highest BCUT2D eigenvalue weighted by molar-refractivity contribution is 5.67. The number of hydrogen-bond donors (Lipinski definition) is 1. The lowest BCUT2D eigenvalue weighted by molar-refractivity contribution is -0.156. The van der Waals surface area contributed by atoms with Gasteiger partial charge >= 0.3 is 12.2 Å². The van der Waals surface area contributed by atoms with E-state index in [0.717, 1.165) is 30.4 Å². The Hall–Kier alpha value is -3.06.